The molecule has 0 unspecified atom stereocenters. The third-order valence-electron chi connectivity index (χ3n) is 6.62. The van der Waals surface area contributed by atoms with E-state index in [9.17, 15) is 50.3 Å². The van der Waals surface area contributed by atoms with Gasteiger partial charge in [0.05, 0.1) is 17.7 Å². The molecule has 238 valence electrons. The van der Waals surface area contributed by atoms with Gasteiger partial charge in [-0.3, -0.25) is 24.0 Å². The highest BCUT2D eigenvalue weighted by molar-refractivity contribution is 6.40. The van der Waals surface area contributed by atoms with Crippen LogP contribution in [0.1, 0.15) is 30.4 Å². The predicted octanol–water partition coefficient (Wildman–Crippen LogP) is 3.87. The maximum Gasteiger partial charge on any atom is 0.418 e. The Bertz CT molecular complexity index is 1450. The first-order valence-corrected chi connectivity index (χ1v) is 13.2. The minimum absolute atomic E-state index is 0.0701. The zero-order valence-electron chi connectivity index (χ0n) is 22.7. The number of ketones is 1. The molecule has 1 atom stereocenters. The third kappa shape index (κ3) is 8.39. The third-order valence-corrected chi connectivity index (χ3v) is 6.86. The Morgan fingerprint density at radius 2 is 1.70 bits per heavy atom. The van der Waals surface area contributed by atoms with Gasteiger partial charge in [0.25, 0.3) is 0 Å². The highest BCUT2D eigenvalue weighted by Gasteiger charge is 2.36. The molecule has 0 bridgehead atoms. The lowest BCUT2D eigenvalue weighted by Crippen LogP contribution is -2.50. The monoisotopic (exact) mass is 651 g/mol. The molecule has 0 aliphatic carbocycles. The fourth-order valence-corrected chi connectivity index (χ4v) is 4.48. The molecule has 1 saturated heterocycles. The highest BCUT2D eigenvalue weighted by Crippen LogP contribution is 2.36. The van der Waals surface area contributed by atoms with Crippen molar-refractivity contribution in [3.63, 3.8) is 0 Å². The first-order chi connectivity index (χ1) is 20.5. The molecule has 1 heterocycles. The zero-order chi connectivity index (χ0) is 32.9. The lowest BCUT2D eigenvalue weighted by Gasteiger charge is -2.31. The van der Waals surface area contributed by atoms with E-state index in [4.69, 9.17) is 21.4 Å². The molecule has 0 saturated carbocycles. The number of nitrogens with one attached hydrogen (secondary N) is 2. The number of carbonyl (C=O) groups is 5. The number of hydrogen-bond donors (Lipinski definition) is 3. The van der Waals surface area contributed by atoms with Gasteiger partial charge in [0, 0.05) is 24.0 Å². The number of alkyl halides is 3. The van der Waals surface area contributed by atoms with E-state index in [2.05, 4.69) is 5.32 Å². The Hall–Kier alpha value is -4.34. The molecule has 1 fully saturated rings. The summed E-state index contributed by atoms with van der Waals surface area (Å²) in [5, 5.41) is 13.2. The lowest BCUT2D eigenvalue weighted by atomic mass is 9.95. The number of aliphatic carboxylic acids is 1. The summed E-state index contributed by atoms with van der Waals surface area (Å²) in [4.78, 5) is 62.7. The van der Waals surface area contributed by atoms with Crippen molar-refractivity contribution in [2.45, 2.75) is 38.4 Å². The largest absolute Gasteiger partial charge is 0.481 e. The standard InChI is InChI=1S/C27H24ClF6N3O7/c1-12-8-16(29)22(31)23(21(12)30)44-11-19(38)18(10-20(39)40)36-24(41)13-4-6-37(7-5-13)26(43)25(42)35-17-9-14(28)2-3-15(17)27(32,33)34/h2-3,8-9,13,18H,4-7,10-11H2,1H3,(H,35,42)(H,36,41)(H,39,40)/t18-/m0/s1. The zero-order valence-corrected chi connectivity index (χ0v) is 23.5. The summed E-state index contributed by atoms with van der Waals surface area (Å²) >= 11 is 5.72. The molecule has 17 heteroatoms. The number of amides is 3. The van der Waals surface area contributed by atoms with Gasteiger partial charge in [0.15, 0.2) is 23.2 Å². The summed E-state index contributed by atoms with van der Waals surface area (Å²) in [6.45, 7) is -0.373. The van der Waals surface area contributed by atoms with E-state index in [-0.39, 0.29) is 36.5 Å². The van der Waals surface area contributed by atoms with Crippen LogP contribution in [0.5, 0.6) is 5.75 Å². The van der Waals surface area contributed by atoms with Crippen molar-refractivity contribution in [2.75, 3.05) is 25.0 Å². The topological polar surface area (TPSA) is 142 Å². The number of nitrogens with zero attached hydrogens (tertiary/aromatic N) is 1. The van der Waals surface area contributed by atoms with Crippen LogP contribution in [0.2, 0.25) is 5.02 Å². The van der Waals surface area contributed by atoms with Gasteiger partial charge in [-0.25, -0.2) is 8.78 Å². The molecule has 0 spiro atoms. The molecule has 2 aromatic rings. The normalized spacial score (nSPS) is 14.5. The van der Waals surface area contributed by atoms with E-state index in [1.807, 2.05) is 5.32 Å². The number of anilines is 1. The van der Waals surface area contributed by atoms with Gasteiger partial charge in [-0.1, -0.05) is 11.6 Å². The van der Waals surface area contributed by atoms with Crippen molar-refractivity contribution in [2.24, 2.45) is 5.92 Å². The van der Waals surface area contributed by atoms with Crippen LogP contribution in [0, 0.1) is 30.3 Å². The first-order valence-electron chi connectivity index (χ1n) is 12.8. The number of carbonyl (C=O) groups excluding carboxylic acids is 4. The van der Waals surface area contributed by atoms with Crippen LogP contribution >= 0.6 is 11.6 Å². The average Bonchev–Trinajstić information content (AvgIpc) is 2.94. The number of piperidine rings is 1. The molecular weight excluding hydrogens is 628 g/mol. The van der Waals surface area contributed by atoms with Crippen LogP contribution in [0.3, 0.4) is 0 Å². The number of hydrogen-bond acceptors (Lipinski definition) is 6. The number of benzene rings is 2. The Morgan fingerprint density at radius 3 is 2.30 bits per heavy atom. The van der Waals surface area contributed by atoms with E-state index in [1.165, 1.54) is 0 Å². The molecular formula is C27H24ClF6N3O7. The van der Waals surface area contributed by atoms with Gasteiger partial charge in [-0.15, -0.1) is 0 Å². The maximum atomic E-state index is 14.2. The van der Waals surface area contributed by atoms with Crippen LogP contribution < -0.4 is 15.4 Å². The minimum atomic E-state index is -4.85. The van der Waals surface area contributed by atoms with Crippen molar-refractivity contribution in [1.29, 1.82) is 0 Å². The minimum Gasteiger partial charge on any atom is -0.481 e. The number of aryl methyl sites for hydroxylation is 1. The Morgan fingerprint density at radius 1 is 1.07 bits per heavy atom. The molecule has 1 aliphatic rings. The molecule has 3 N–H and O–H groups in total. The highest BCUT2D eigenvalue weighted by atomic mass is 35.5. The second-order valence-electron chi connectivity index (χ2n) is 9.75. The molecule has 0 aromatic heterocycles. The summed E-state index contributed by atoms with van der Waals surface area (Å²) in [5.74, 6) is -12.5. The number of likely N-dealkylation sites (tertiary alicyclic amines) is 1. The van der Waals surface area contributed by atoms with E-state index >= 15 is 0 Å². The van der Waals surface area contributed by atoms with Gasteiger partial charge in [0.1, 0.15) is 12.6 Å². The number of halogens is 7. The van der Waals surface area contributed by atoms with Crippen LogP contribution in [-0.4, -0.2) is 65.2 Å². The smallest absolute Gasteiger partial charge is 0.418 e. The van der Waals surface area contributed by atoms with Crippen LogP contribution in [0.15, 0.2) is 24.3 Å². The first kappa shape index (κ1) is 34.2. The lowest BCUT2D eigenvalue weighted by molar-refractivity contribution is -0.145. The quantitative estimate of drug-likeness (QED) is 0.212. The van der Waals surface area contributed by atoms with Crippen molar-refractivity contribution in [1.82, 2.24) is 10.2 Å². The molecule has 1 aliphatic heterocycles. The number of rotatable bonds is 9. The number of carboxylic acid groups (broad SMARTS) is 1. The van der Waals surface area contributed by atoms with Crippen molar-refractivity contribution >= 4 is 46.8 Å². The number of carboxylic acids is 1. The molecule has 2 aromatic carbocycles. The van der Waals surface area contributed by atoms with Crippen LogP contribution in [0.4, 0.5) is 32.0 Å². The van der Waals surface area contributed by atoms with E-state index in [0.717, 1.165) is 24.0 Å². The summed E-state index contributed by atoms with van der Waals surface area (Å²) in [7, 11) is 0. The van der Waals surface area contributed by atoms with Gasteiger partial charge in [-0.2, -0.15) is 17.6 Å². The molecule has 3 amide bonds. The fourth-order valence-electron chi connectivity index (χ4n) is 4.31. The molecule has 44 heavy (non-hydrogen) atoms. The Labute approximate surface area is 250 Å². The maximum absolute atomic E-state index is 14.2. The Kier molecular flexibility index (Phi) is 10.8. The second-order valence-corrected chi connectivity index (χ2v) is 10.2. The SMILES string of the molecule is Cc1cc(F)c(F)c(OCC(=O)[C@H](CC(=O)O)NC(=O)C2CCN(C(=O)C(=O)Nc3cc(Cl)ccc3C(F)(F)F)CC2)c1F. The van der Waals surface area contributed by atoms with Crippen molar-refractivity contribution < 1.29 is 60.2 Å². The van der Waals surface area contributed by atoms with Crippen LogP contribution in [0.25, 0.3) is 0 Å². The predicted molar refractivity (Wildman–Crippen MR) is 140 cm³/mol. The van der Waals surface area contributed by atoms with E-state index in [0.29, 0.717) is 12.1 Å². The molecule has 0 radical (unpaired) electrons. The van der Waals surface area contributed by atoms with Crippen molar-refractivity contribution in [3.8, 4) is 5.75 Å². The Balaban J connectivity index is 1.59. The summed E-state index contributed by atoms with van der Waals surface area (Å²) in [6.07, 6.45) is -5.92. The van der Waals surface area contributed by atoms with Gasteiger partial charge >= 0.3 is 24.0 Å². The van der Waals surface area contributed by atoms with Crippen molar-refractivity contribution in [3.05, 3.63) is 57.9 Å². The second kappa shape index (κ2) is 14.0. The number of Topliss-reactive ketones (excluding diaryl/α,β-unsaturated/α-hetero) is 1. The van der Waals surface area contributed by atoms with E-state index < -0.39 is 95.1 Å². The van der Waals surface area contributed by atoms with Gasteiger partial charge in [0.2, 0.25) is 11.7 Å². The summed E-state index contributed by atoms with van der Waals surface area (Å²) in [5.41, 5.74) is -2.27. The molecule has 10 nitrogen and oxygen atoms in total. The van der Waals surface area contributed by atoms with Gasteiger partial charge < -0.3 is 25.4 Å². The van der Waals surface area contributed by atoms with Gasteiger partial charge in [-0.05, 0) is 49.6 Å². The number of ether oxygens (including phenoxy) is 1. The van der Waals surface area contributed by atoms with E-state index in [1.54, 1.807) is 0 Å². The average molecular weight is 652 g/mol. The molecule has 3 rings (SSSR count). The summed E-state index contributed by atoms with van der Waals surface area (Å²) in [6, 6.07) is 1.30. The summed E-state index contributed by atoms with van der Waals surface area (Å²) < 4.78 is 86.3. The fraction of sp³-hybridized carbons (Fsp3) is 0.370. The van der Waals surface area contributed by atoms with Crippen LogP contribution in [-0.2, 0) is 30.1 Å².